The number of carbonyl (C=O) groups is 1. The van der Waals surface area contributed by atoms with Gasteiger partial charge in [0.25, 0.3) is 10.0 Å². The molecule has 124 valence electrons. The van der Waals surface area contributed by atoms with Crippen molar-refractivity contribution in [2.75, 3.05) is 14.2 Å². The van der Waals surface area contributed by atoms with E-state index in [4.69, 9.17) is 9.26 Å². The standard InChI is InChI=1S/C14H16N2O6S/c1-10-7-12(15-22-10)9-21-14(17)11-5-4-6-13(8-11)23(18,19)16(2)20-3/h4-8H,9H2,1-3H3. The molecule has 2 rings (SSSR count). The summed E-state index contributed by atoms with van der Waals surface area (Å²) in [5, 5.41) is 3.70. The first kappa shape index (κ1) is 17.1. The van der Waals surface area contributed by atoms with E-state index in [0.29, 0.717) is 15.9 Å². The maximum absolute atomic E-state index is 12.1. The molecule has 0 aliphatic carbocycles. The smallest absolute Gasteiger partial charge is 0.338 e. The normalized spacial score (nSPS) is 11.7. The zero-order chi connectivity index (χ0) is 17.0. The number of aromatic nitrogens is 1. The summed E-state index contributed by atoms with van der Waals surface area (Å²) in [7, 11) is -1.34. The summed E-state index contributed by atoms with van der Waals surface area (Å²) in [6.45, 7) is 1.66. The summed E-state index contributed by atoms with van der Waals surface area (Å²) < 4.78 is 34.9. The number of sulfonamides is 1. The quantitative estimate of drug-likeness (QED) is 0.580. The van der Waals surface area contributed by atoms with Gasteiger partial charge in [-0.05, 0) is 25.1 Å². The van der Waals surface area contributed by atoms with Crippen LogP contribution in [0.15, 0.2) is 39.8 Å². The Hall–Kier alpha value is -2.23. The molecule has 0 saturated carbocycles. The Morgan fingerprint density at radius 1 is 1.35 bits per heavy atom. The Morgan fingerprint density at radius 3 is 2.70 bits per heavy atom. The maximum atomic E-state index is 12.1. The van der Waals surface area contributed by atoms with Gasteiger partial charge in [-0.3, -0.25) is 4.84 Å². The molecule has 9 heteroatoms. The van der Waals surface area contributed by atoms with Crippen molar-refractivity contribution < 1.29 is 27.3 Å². The van der Waals surface area contributed by atoms with Gasteiger partial charge in [-0.1, -0.05) is 15.7 Å². The molecule has 1 aromatic carbocycles. The molecule has 0 N–H and O–H groups in total. The molecule has 1 aromatic heterocycles. The average molecular weight is 340 g/mol. The molecule has 8 nitrogen and oxygen atoms in total. The number of hydrogen-bond donors (Lipinski definition) is 0. The lowest BCUT2D eigenvalue weighted by Gasteiger charge is -2.14. The molecule has 0 amide bonds. The summed E-state index contributed by atoms with van der Waals surface area (Å²) in [6.07, 6.45) is 0. The van der Waals surface area contributed by atoms with Crippen LogP contribution >= 0.6 is 0 Å². The number of aryl methyl sites for hydroxylation is 1. The van der Waals surface area contributed by atoms with Crippen LogP contribution in [0.4, 0.5) is 0 Å². The Balaban J connectivity index is 2.14. The van der Waals surface area contributed by atoms with Crippen molar-refractivity contribution in [1.82, 2.24) is 9.63 Å². The molecular formula is C14H16N2O6S. The van der Waals surface area contributed by atoms with Crippen molar-refractivity contribution in [3.05, 3.63) is 47.3 Å². The molecule has 0 bridgehead atoms. The van der Waals surface area contributed by atoms with Crippen LogP contribution < -0.4 is 0 Å². The Kier molecular flexibility index (Phi) is 5.14. The third kappa shape index (κ3) is 3.95. The largest absolute Gasteiger partial charge is 0.455 e. The zero-order valence-corrected chi connectivity index (χ0v) is 13.7. The topological polar surface area (TPSA) is 98.9 Å². The van der Waals surface area contributed by atoms with Crippen LogP contribution in [-0.4, -0.2) is 38.2 Å². The van der Waals surface area contributed by atoms with Gasteiger partial charge in [-0.2, -0.15) is 0 Å². The fourth-order valence-electron chi connectivity index (χ4n) is 1.74. The molecule has 2 aromatic rings. The molecule has 0 aliphatic heterocycles. The summed E-state index contributed by atoms with van der Waals surface area (Å²) in [5.41, 5.74) is 0.578. The molecule has 0 fully saturated rings. The van der Waals surface area contributed by atoms with Crippen molar-refractivity contribution in [3.8, 4) is 0 Å². The van der Waals surface area contributed by atoms with Crippen molar-refractivity contribution in [1.29, 1.82) is 0 Å². The fourth-order valence-corrected chi connectivity index (χ4v) is 2.76. The van der Waals surface area contributed by atoms with Crippen LogP contribution in [0.5, 0.6) is 0 Å². The van der Waals surface area contributed by atoms with E-state index in [1.807, 2.05) is 0 Å². The molecule has 0 unspecified atom stereocenters. The lowest BCUT2D eigenvalue weighted by atomic mass is 10.2. The number of nitrogens with zero attached hydrogens (tertiary/aromatic N) is 2. The average Bonchev–Trinajstić information content (AvgIpc) is 2.97. The second-order valence-corrected chi connectivity index (χ2v) is 6.57. The Morgan fingerprint density at radius 2 is 2.09 bits per heavy atom. The van der Waals surface area contributed by atoms with Crippen LogP contribution in [-0.2, 0) is 26.2 Å². The minimum Gasteiger partial charge on any atom is -0.455 e. The van der Waals surface area contributed by atoms with Gasteiger partial charge < -0.3 is 9.26 Å². The van der Waals surface area contributed by atoms with Crippen molar-refractivity contribution in [2.24, 2.45) is 0 Å². The SMILES string of the molecule is CON(C)S(=O)(=O)c1cccc(C(=O)OCc2cc(C)on2)c1. The second-order valence-electron chi connectivity index (χ2n) is 4.63. The van der Waals surface area contributed by atoms with Gasteiger partial charge >= 0.3 is 5.97 Å². The molecule has 0 saturated heterocycles. The summed E-state index contributed by atoms with van der Waals surface area (Å²) in [4.78, 5) is 16.6. The first-order valence-electron chi connectivity index (χ1n) is 6.57. The summed E-state index contributed by atoms with van der Waals surface area (Å²) in [6, 6.07) is 7.14. The number of hydroxylamine groups is 1. The highest BCUT2D eigenvalue weighted by atomic mass is 32.2. The number of ether oxygens (including phenoxy) is 1. The summed E-state index contributed by atoms with van der Waals surface area (Å²) in [5.74, 6) is -0.0606. The van der Waals surface area contributed by atoms with E-state index in [-0.39, 0.29) is 17.1 Å². The second kappa shape index (κ2) is 6.90. The van der Waals surface area contributed by atoms with Gasteiger partial charge in [0.15, 0.2) is 0 Å². The van der Waals surface area contributed by atoms with Crippen LogP contribution in [0, 0.1) is 6.92 Å². The maximum Gasteiger partial charge on any atom is 0.338 e. The van der Waals surface area contributed by atoms with E-state index >= 15 is 0 Å². The molecule has 0 atom stereocenters. The highest BCUT2D eigenvalue weighted by Crippen LogP contribution is 2.17. The minimum atomic E-state index is -3.83. The molecule has 23 heavy (non-hydrogen) atoms. The van der Waals surface area contributed by atoms with E-state index in [0.717, 1.165) is 0 Å². The number of carbonyl (C=O) groups excluding carboxylic acids is 1. The van der Waals surface area contributed by atoms with E-state index in [1.54, 1.807) is 13.0 Å². The molecule has 0 spiro atoms. The number of rotatable bonds is 6. The lowest BCUT2D eigenvalue weighted by Crippen LogP contribution is -2.25. The molecule has 0 aliphatic rings. The third-order valence-corrected chi connectivity index (χ3v) is 4.67. The number of esters is 1. The van der Waals surface area contributed by atoms with Crippen molar-refractivity contribution in [2.45, 2.75) is 18.4 Å². The lowest BCUT2D eigenvalue weighted by molar-refractivity contribution is -0.0258. The molecule has 1 heterocycles. The van der Waals surface area contributed by atoms with E-state index in [9.17, 15) is 13.2 Å². The van der Waals surface area contributed by atoms with Crippen molar-refractivity contribution >= 4 is 16.0 Å². The van der Waals surface area contributed by atoms with Crippen LogP contribution in [0.2, 0.25) is 0 Å². The van der Waals surface area contributed by atoms with Gasteiger partial charge in [0.2, 0.25) is 0 Å². The monoisotopic (exact) mass is 340 g/mol. The minimum absolute atomic E-state index is 0.0644. The predicted octanol–water partition coefficient (Wildman–Crippen LogP) is 1.52. The Labute approximate surface area is 133 Å². The molecule has 0 radical (unpaired) electrons. The highest BCUT2D eigenvalue weighted by Gasteiger charge is 2.22. The molecular weight excluding hydrogens is 324 g/mol. The van der Waals surface area contributed by atoms with E-state index in [2.05, 4.69) is 9.99 Å². The van der Waals surface area contributed by atoms with Crippen LogP contribution in [0.25, 0.3) is 0 Å². The van der Waals surface area contributed by atoms with Gasteiger partial charge in [0, 0.05) is 13.1 Å². The first-order chi connectivity index (χ1) is 10.8. The van der Waals surface area contributed by atoms with Crippen LogP contribution in [0.3, 0.4) is 0 Å². The van der Waals surface area contributed by atoms with Gasteiger partial charge in [-0.25, -0.2) is 13.2 Å². The predicted molar refractivity (Wildman–Crippen MR) is 78.8 cm³/mol. The summed E-state index contributed by atoms with van der Waals surface area (Å²) >= 11 is 0. The number of hydrogen-bond acceptors (Lipinski definition) is 7. The van der Waals surface area contributed by atoms with E-state index < -0.39 is 16.0 Å². The Bertz CT molecular complexity index is 799. The zero-order valence-electron chi connectivity index (χ0n) is 12.8. The fraction of sp³-hybridized carbons (Fsp3) is 0.286. The van der Waals surface area contributed by atoms with Gasteiger partial charge in [-0.15, -0.1) is 0 Å². The number of benzene rings is 1. The third-order valence-electron chi connectivity index (χ3n) is 2.99. The van der Waals surface area contributed by atoms with Crippen molar-refractivity contribution in [3.63, 3.8) is 0 Å². The van der Waals surface area contributed by atoms with Gasteiger partial charge in [0.05, 0.1) is 17.6 Å². The van der Waals surface area contributed by atoms with Crippen LogP contribution in [0.1, 0.15) is 21.8 Å². The first-order valence-corrected chi connectivity index (χ1v) is 8.01. The van der Waals surface area contributed by atoms with E-state index in [1.165, 1.54) is 38.4 Å². The van der Waals surface area contributed by atoms with Gasteiger partial charge in [0.1, 0.15) is 18.1 Å². The highest BCUT2D eigenvalue weighted by molar-refractivity contribution is 7.89.